The fourth-order valence-electron chi connectivity index (χ4n) is 1.80. The van der Waals surface area contributed by atoms with Gasteiger partial charge in [0.25, 0.3) is 10.0 Å². The number of nitrogens with one attached hydrogen (secondary N) is 1. The van der Waals surface area contributed by atoms with Crippen LogP contribution >= 0.6 is 23.1 Å². The van der Waals surface area contributed by atoms with Crippen LogP contribution in [-0.4, -0.2) is 30.4 Å². The van der Waals surface area contributed by atoms with Crippen molar-refractivity contribution in [2.75, 3.05) is 11.3 Å². The van der Waals surface area contributed by atoms with Gasteiger partial charge >= 0.3 is 5.97 Å². The maximum atomic E-state index is 12.4. The molecule has 0 atom stereocenters. The summed E-state index contributed by atoms with van der Waals surface area (Å²) in [6.45, 7) is 3.49. The van der Waals surface area contributed by atoms with Crippen molar-refractivity contribution < 1.29 is 17.9 Å². The van der Waals surface area contributed by atoms with E-state index in [0.717, 1.165) is 11.5 Å². The first-order valence-electron chi connectivity index (χ1n) is 7.09. The number of carbonyl (C=O) groups excluding carboxylic acids is 1. The van der Waals surface area contributed by atoms with Gasteiger partial charge in [0.2, 0.25) is 5.13 Å². The minimum Gasteiger partial charge on any atom is -0.465 e. The first-order chi connectivity index (χ1) is 11.3. The van der Waals surface area contributed by atoms with E-state index in [9.17, 15) is 13.2 Å². The molecular weight excluding hydrogens is 374 g/mol. The molecule has 0 fully saturated rings. The number of ether oxygens (including phenoxy) is 1. The monoisotopic (exact) mass is 389 g/mol. The molecule has 0 amide bonds. The summed E-state index contributed by atoms with van der Waals surface area (Å²) in [7, 11) is -3.80. The van der Waals surface area contributed by atoms with Gasteiger partial charge in [0.15, 0.2) is 0 Å². The van der Waals surface area contributed by atoms with Gasteiger partial charge in [0.05, 0.1) is 11.5 Å². The normalized spacial score (nSPS) is 11.3. The Morgan fingerprint density at radius 3 is 2.88 bits per heavy atom. The van der Waals surface area contributed by atoms with Gasteiger partial charge in [-0.1, -0.05) is 24.6 Å². The average molecular weight is 390 g/mol. The van der Waals surface area contributed by atoms with E-state index in [1.54, 1.807) is 26.0 Å². The van der Waals surface area contributed by atoms with Crippen LogP contribution in [0.15, 0.2) is 23.1 Å². The zero-order valence-corrected chi connectivity index (χ0v) is 15.5. The molecule has 0 saturated heterocycles. The van der Waals surface area contributed by atoms with Crippen LogP contribution in [0.25, 0.3) is 0 Å². The number of esters is 1. The lowest BCUT2D eigenvalue weighted by Gasteiger charge is -2.08. The van der Waals surface area contributed by atoms with Crippen LogP contribution in [0.5, 0.6) is 0 Å². The fraction of sp³-hybridized carbons (Fsp3) is 0.357. The molecule has 0 aliphatic heterocycles. The van der Waals surface area contributed by atoms with Gasteiger partial charge in [0.1, 0.15) is 5.82 Å². The van der Waals surface area contributed by atoms with Crippen LogP contribution in [-0.2, 0) is 26.0 Å². The van der Waals surface area contributed by atoms with Crippen molar-refractivity contribution in [2.24, 2.45) is 0 Å². The largest absolute Gasteiger partial charge is 0.465 e. The molecule has 10 heteroatoms. The molecule has 0 saturated carbocycles. The zero-order chi connectivity index (χ0) is 17.7. The number of sulfonamides is 1. The second-order valence-electron chi connectivity index (χ2n) is 4.81. The van der Waals surface area contributed by atoms with Crippen LogP contribution in [0.2, 0.25) is 5.02 Å². The van der Waals surface area contributed by atoms with E-state index in [0.29, 0.717) is 29.3 Å². The smallest absolute Gasteiger partial charge is 0.305 e. The molecular formula is C14H16ClN3O4S2. The third-order valence-electron chi connectivity index (χ3n) is 3.07. The Labute approximate surface area is 149 Å². The third-order valence-corrected chi connectivity index (χ3v) is 5.77. The molecule has 0 unspecified atom stereocenters. The molecule has 7 nitrogen and oxygen atoms in total. The van der Waals surface area contributed by atoms with Crippen LogP contribution < -0.4 is 4.72 Å². The van der Waals surface area contributed by atoms with Gasteiger partial charge in [-0.05, 0) is 24.6 Å². The maximum Gasteiger partial charge on any atom is 0.305 e. The predicted molar refractivity (Wildman–Crippen MR) is 91.9 cm³/mol. The minimum absolute atomic E-state index is 0.0867. The van der Waals surface area contributed by atoms with E-state index in [-0.39, 0.29) is 22.6 Å². The minimum atomic E-state index is -3.80. The Hall–Kier alpha value is -1.71. The number of hydrogen-bond donors (Lipinski definition) is 1. The van der Waals surface area contributed by atoms with Crippen molar-refractivity contribution >= 4 is 44.3 Å². The molecule has 2 rings (SSSR count). The summed E-state index contributed by atoms with van der Waals surface area (Å²) in [5.74, 6) is 0.104. The number of carbonyl (C=O) groups is 1. The summed E-state index contributed by atoms with van der Waals surface area (Å²) >= 11 is 6.88. The molecule has 1 heterocycles. The van der Waals surface area contributed by atoms with Crippen LogP contribution in [0.3, 0.4) is 0 Å². The predicted octanol–water partition coefficient (Wildman–Crippen LogP) is 2.80. The highest BCUT2D eigenvalue weighted by Crippen LogP contribution is 2.25. The lowest BCUT2D eigenvalue weighted by molar-refractivity contribution is -0.143. The molecule has 24 heavy (non-hydrogen) atoms. The van der Waals surface area contributed by atoms with Crippen molar-refractivity contribution in [1.29, 1.82) is 0 Å². The van der Waals surface area contributed by atoms with E-state index < -0.39 is 10.0 Å². The van der Waals surface area contributed by atoms with Crippen LogP contribution in [0.4, 0.5) is 5.13 Å². The fourth-order valence-corrected chi connectivity index (χ4v) is 4.14. The lowest BCUT2D eigenvalue weighted by Crippen LogP contribution is -2.14. The summed E-state index contributed by atoms with van der Waals surface area (Å²) in [6, 6.07) is 4.66. The number of hydrogen-bond acceptors (Lipinski definition) is 7. The highest BCUT2D eigenvalue weighted by molar-refractivity contribution is 7.93. The number of anilines is 1. The zero-order valence-electron chi connectivity index (χ0n) is 13.1. The van der Waals surface area contributed by atoms with Gasteiger partial charge in [-0.3, -0.25) is 9.52 Å². The second-order valence-corrected chi connectivity index (χ2v) is 7.62. The summed E-state index contributed by atoms with van der Waals surface area (Å²) in [5, 5.41) is 0.514. The summed E-state index contributed by atoms with van der Waals surface area (Å²) < 4.78 is 36.2. The van der Waals surface area contributed by atoms with Gasteiger partial charge < -0.3 is 4.74 Å². The average Bonchev–Trinajstić information content (AvgIpc) is 2.96. The van der Waals surface area contributed by atoms with Crippen molar-refractivity contribution in [1.82, 2.24) is 9.36 Å². The number of aromatic nitrogens is 2. The Morgan fingerprint density at radius 1 is 1.42 bits per heavy atom. The molecule has 2 aromatic rings. The molecule has 0 aliphatic carbocycles. The number of nitrogens with zero attached hydrogens (tertiary/aromatic N) is 2. The van der Waals surface area contributed by atoms with Gasteiger partial charge in [-0.15, -0.1) is 0 Å². The molecule has 1 aromatic carbocycles. The Kier molecular flexibility index (Phi) is 6.14. The van der Waals surface area contributed by atoms with Gasteiger partial charge in [-0.2, -0.15) is 4.37 Å². The highest BCUT2D eigenvalue weighted by atomic mass is 35.5. The number of rotatable bonds is 7. The molecule has 0 radical (unpaired) electrons. The van der Waals surface area contributed by atoms with E-state index in [4.69, 9.17) is 16.3 Å². The van der Waals surface area contributed by atoms with Crippen molar-refractivity contribution in [2.45, 2.75) is 31.6 Å². The topological polar surface area (TPSA) is 98.2 Å². The Bertz CT molecular complexity index is 836. The molecule has 130 valence electrons. The van der Waals surface area contributed by atoms with Gasteiger partial charge in [-0.25, -0.2) is 13.4 Å². The first kappa shape index (κ1) is 18.6. The molecule has 0 aliphatic rings. The quantitative estimate of drug-likeness (QED) is 0.731. The van der Waals surface area contributed by atoms with Crippen LogP contribution in [0, 0.1) is 6.92 Å². The molecule has 1 N–H and O–H groups in total. The number of halogens is 1. The third kappa shape index (κ3) is 4.65. The first-order valence-corrected chi connectivity index (χ1v) is 9.73. The lowest BCUT2D eigenvalue weighted by atomic mass is 10.2. The van der Waals surface area contributed by atoms with Gasteiger partial charge in [0, 0.05) is 29.4 Å². The highest BCUT2D eigenvalue weighted by Gasteiger charge is 2.20. The van der Waals surface area contributed by atoms with E-state index in [1.807, 2.05) is 0 Å². The molecule has 1 aromatic heterocycles. The Morgan fingerprint density at radius 2 is 2.17 bits per heavy atom. The maximum absolute atomic E-state index is 12.4. The number of benzene rings is 1. The standard InChI is InChI=1S/C14H16ClN3O4S2/c1-3-13(19)22-8-7-12-16-14(23-17-12)18-24(20,21)11-6-4-5-10(15)9(11)2/h4-6H,3,7-8H2,1-2H3,(H,16,17,18). The van der Waals surface area contributed by atoms with E-state index >= 15 is 0 Å². The molecule has 0 bridgehead atoms. The van der Waals surface area contributed by atoms with E-state index in [1.165, 1.54) is 6.07 Å². The summed E-state index contributed by atoms with van der Waals surface area (Å²) in [6.07, 6.45) is 0.620. The second kappa shape index (κ2) is 7.91. The van der Waals surface area contributed by atoms with Crippen molar-refractivity contribution in [3.8, 4) is 0 Å². The van der Waals surface area contributed by atoms with Crippen molar-refractivity contribution in [3.63, 3.8) is 0 Å². The summed E-state index contributed by atoms with van der Waals surface area (Å²) in [4.78, 5) is 15.2. The van der Waals surface area contributed by atoms with Crippen molar-refractivity contribution in [3.05, 3.63) is 34.6 Å². The summed E-state index contributed by atoms with van der Waals surface area (Å²) in [5.41, 5.74) is 0.461. The van der Waals surface area contributed by atoms with E-state index in [2.05, 4.69) is 14.1 Å². The van der Waals surface area contributed by atoms with Crippen LogP contribution in [0.1, 0.15) is 24.7 Å². The Balaban J connectivity index is 2.06. The SMILES string of the molecule is CCC(=O)OCCc1nsc(NS(=O)(=O)c2cccc(Cl)c2C)n1. The molecule has 0 spiro atoms.